The van der Waals surface area contributed by atoms with Crippen LogP contribution in [0.3, 0.4) is 0 Å². The number of hydrogen-bond acceptors (Lipinski definition) is 3. The standard InChI is InChI=1S/C17H23N3/c18-15-7-5-13(6-8-15)11-19-12-17-16-4-2-1-3-14(16)9-10-20-17/h1-4,9-10,13,15,19H,5-8,11-12,18H2/t13-,15-. The lowest BCUT2D eigenvalue weighted by Gasteiger charge is -2.26. The number of benzene rings is 1. The van der Waals surface area contributed by atoms with Crippen LogP contribution in [0.25, 0.3) is 10.8 Å². The van der Waals surface area contributed by atoms with E-state index in [-0.39, 0.29) is 0 Å². The zero-order valence-corrected chi connectivity index (χ0v) is 11.9. The second-order valence-corrected chi connectivity index (χ2v) is 5.89. The molecule has 0 atom stereocenters. The van der Waals surface area contributed by atoms with Gasteiger partial charge in [-0.1, -0.05) is 24.3 Å². The summed E-state index contributed by atoms with van der Waals surface area (Å²) < 4.78 is 0. The minimum absolute atomic E-state index is 0.436. The van der Waals surface area contributed by atoms with Crippen LogP contribution < -0.4 is 11.1 Å². The number of pyridine rings is 1. The molecule has 20 heavy (non-hydrogen) atoms. The van der Waals surface area contributed by atoms with Gasteiger partial charge in [-0.15, -0.1) is 0 Å². The van der Waals surface area contributed by atoms with Crippen LogP contribution in [-0.4, -0.2) is 17.6 Å². The summed E-state index contributed by atoms with van der Waals surface area (Å²) in [6, 6.07) is 11.0. The average molecular weight is 269 g/mol. The Kier molecular flexibility index (Phi) is 4.28. The first-order valence-electron chi connectivity index (χ1n) is 7.62. The van der Waals surface area contributed by atoms with Gasteiger partial charge in [0.15, 0.2) is 0 Å². The molecule has 0 amide bonds. The van der Waals surface area contributed by atoms with Crippen LogP contribution in [-0.2, 0) is 6.54 Å². The molecule has 3 nitrogen and oxygen atoms in total. The molecule has 1 fully saturated rings. The van der Waals surface area contributed by atoms with Crippen molar-refractivity contribution in [3.05, 3.63) is 42.2 Å². The maximum absolute atomic E-state index is 5.95. The highest BCUT2D eigenvalue weighted by Crippen LogP contribution is 2.22. The molecule has 0 saturated heterocycles. The summed E-state index contributed by atoms with van der Waals surface area (Å²) in [5.74, 6) is 0.782. The van der Waals surface area contributed by atoms with Gasteiger partial charge in [0.05, 0.1) is 5.69 Å². The van der Waals surface area contributed by atoms with E-state index in [9.17, 15) is 0 Å². The molecule has 1 aliphatic carbocycles. The summed E-state index contributed by atoms with van der Waals surface area (Å²) in [6.07, 6.45) is 6.78. The lowest BCUT2D eigenvalue weighted by molar-refractivity contribution is 0.314. The van der Waals surface area contributed by atoms with Crippen molar-refractivity contribution >= 4 is 10.8 Å². The van der Waals surface area contributed by atoms with Crippen molar-refractivity contribution in [3.63, 3.8) is 0 Å². The zero-order chi connectivity index (χ0) is 13.8. The zero-order valence-electron chi connectivity index (χ0n) is 11.9. The lowest BCUT2D eigenvalue weighted by atomic mass is 9.86. The van der Waals surface area contributed by atoms with Crippen LogP contribution in [0, 0.1) is 5.92 Å². The second kappa shape index (κ2) is 6.33. The molecule has 0 radical (unpaired) electrons. The molecule has 0 unspecified atom stereocenters. The van der Waals surface area contributed by atoms with Crippen molar-refractivity contribution < 1.29 is 0 Å². The van der Waals surface area contributed by atoms with Crippen molar-refractivity contribution in [1.29, 1.82) is 0 Å². The summed E-state index contributed by atoms with van der Waals surface area (Å²) in [4.78, 5) is 4.52. The van der Waals surface area contributed by atoms with Gasteiger partial charge in [0.2, 0.25) is 0 Å². The van der Waals surface area contributed by atoms with E-state index in [4.69, 9.17) is 5.73 Å². The molecular formula is C17H23N3. The van der Waals surface area contributed by atoms with Crippen LogP contribution in [0.1, 0.15) is 31.4 Å². The van der Waals surface area contributed by atoms with E-state index in [0.29, 0.717) is 6.04 Å². The maximum Gasteiger partial charge on any atom is 0.0619 e. The van der Waals surface area contributed by atoms with Crippen LogP contribution in [0.2, 0.25) is 0 Å². The normalized spacial score (nSPS) is 23.1. The van der Waals surface area contributed by atoms with Gasteiger partial charge in [0.25, 0.3) is 0 Å². The molecular weight excluding hydrogens is 246 g/mol. The Morgan fingerprint density at radius 2 is 1.90 bits per heavy atom. The van der Waals surface area contributed by atoms with E-state index in [0.717, 1.165) is 24.7 Å². The van der Waals surface area contributed by atoms with Crippen molar-refractivity contribution in [2.45, 2.75) is 38.3 Å². The Labute approximate surface area is 120 Å². The minimum Gasteiger partial charge on any atom is -0.328 e. The molecule has 0 bridgehead atoms. The Morgan fingerprint density at radius 3 is 2.75 bits per heavy atom. The van der Waals surface area contributed by atoms with Gasteiger partial charge in [0, 0.05) is 24.2 Å². The van der Waals surface area contributed by atoms with Gasteiger partial charge < -0.3 is 11.1 Å². The summed E-state index contributed by atoms with van der Waals surface area (Å²) in [5, 5.41) is 6.10. The van der Waals surface area contributed by atoms with Crippen molar-refractivity contribution in [1.82, 2.24) is 10.3 Å². The number of aromatic nitrogens is 1. The molecule has 3 N–H and O–H groups in total. The molecule has 3 rings (SSSR count). The van der Waals surface area contributed by atoms with Crippen LogP contribution >= 0.6 is 0 Å². The highest BCUT2D eigenvalue weighted by molar-refractivity contribution is 5.84. The molecule has 0 spiro atoms. The monoisotopic (exact) mass is 269 g/mol. The number of fused-ring (bicyclic) bond motifs is 1. The van der Waals surface area contributed by atoms with Gasteiger partial charge in [0.1, 0.15) is 0 Å². The van der Waals surface area contributed by atoms with Crippen LogP contribution in [0.4, 0.5) is 0 Å². The third kappa shape index (κ3) is 3.17. The molecule has 1 aromatic carbocycles. The largest absolute Gasteiger partial charge is 0.328 e. The molecule has 1 saturated carbocycles. The first-order chi connectivity index (χ1) is 9.83. The minimum atomic E-state index is 0.436. The van der Waals surface area contributed by atoms with E-state index in [2.05, 4.69) is 40.6 Å². The molecule has 0 aliphatic heterocycles. The third-order valence-electron chi connectivity index (χ3n) is 4.37. The number of nitrogens with zero attached hydrogens (tertiary/aromatic N) is 1. The highest BCUT2D eigenvalue weighted by Gasteiger charge is 2.17. The maximum atomic E-state index is 5.95. The number of nitrogens with one attached hydrogen (secondary N) is 1. The highest BCUT2D eigenvalue weighted by atomic mass is 14.9. The van der Waals surface area contributed by atoms with Crippen LogP contribution in [0.15, 0.2) is 36.5 Å². The summed E-state index contributed by atoms with van der Waals surface area (Å²) in [6.45, 7) is 1.93. The average Bonchev–Trinajstić information content (AvgIpc) is 2.49. The van der Waals surface area contributed by atoms with Gasteiger partial charge in [-0.3, -0.25) is 4.98 Å². The molecule has 1 aromatic heterocycles. The quantitative estimate of drug-likeness (QED) is 0.897. The SMILES string of the molecule is N[C@H]1CC[C@H](CNCc2nccc3ccccc23)CC1. The van der Waals surface area contributed by atoms with E-state index in [1.54, 1.807) is 0 Å². The Bertz CT molecular complexity index is 554. The number of nitrogens with two attached hydrogens (primary N) is 1. The van der Waals surface area contributed by atoms with Gasteiger partial charge in [-0.25, -0.2) is 0 Å². The number of hydrogen-bond donors (Lipinski definition) is 2. The molecule has 2 aromatic rings. The van der Waals surface area contributed by atoms with Gasteiger partial charge in [-0.2, -0.15) is 0 Å². The van der Waals surface area contributed by atoms with E-state index in [1.165, 1.54) is 36.5 Å². The van der Waals surface area contributed by atoms with Gasteiger partial charge >= 0.3 is 0 Å². The fourth-order valence-electron chi connectivity index (χ4n) is 3.11. The first kappa shape index (κ1) is 13.5. The molecule has 3 heteroatoms. The van der Waals surface area contributed by atoms with Gasteiger partial charge in [-0.05, 0) is 49.6 Å². The van der Waals surface area contributed by atoms with Crippen molar-refractivity contribution in [2.24, 2.45) is 11.7 Å². The van der Waals surface area contributed by atoms with Crippen molar-refractivity contribution in [2.75, 3.05) is 6.54 Å². The predicted molar refractivity (Wildman–Crippen MR) is 83.4 cm³/mol. The predicted octanol–water partition coefficient (Wildman–Crippen LogP) is 2.84. The third-order valence-corrected chi connectivity index (χ3v) is 4.37. The van der Waals surface area contributed by atoms with Crippen LogP contribution in [0.5, 0.6) is 0 Å². The fourth-order valence-corrected chi connectivity index (χ4v) is 3.11. The van der Waals surface area contributed by atoms with E-state index in [1.807, 2.05) is 6.20 Å². The summed E-state index contributed by atoms with van der Waals surface area (Å²) in [7, 11) is 0. The first-order valence-corrected chi connectivity index (χ1v) is 7.62. The second-order valence-electron chi connectivity index (χ2n) is 5.89. The smallest absolute Gasteiger partial charge is 0.0619 e. The topological polar surface area (TPSA) is 50.9 Å². The number of rotatable bonds is 4. The Hall–Kier alpha value is -1.45. The molecule has 106 valence electrons. The summed E-state index contributed by atoms with van der Waals surface area (Å²) >= 11 is 0. The summed E-state index contributed by atoms with van der Waals surface area (Å²) in [5.41, 5.74) is 7.10. The Balaban J connectivity index is 1.57. The fraction of sp³-hybridized carbons (Fsp3) is 0.471. The van der Waals surface area contributed by atoms with E-state index < -0.39 is 0 Å². The van der Waals surface area contributed by atoms with Crippen molar-refractivity contribution in [3.8, 4) is 0 Å². The molecule has 1 aliphatic rings. The molecule has 1 heterocycles. The van der Waals surface area contributed by atoms with E-state index >= 15 is 0 Å². The lowest BCUT2D eigenvalue weighted by Crippen LogP contribution is -2.31. The Morgan fingerprint density at radius 1 is 1.10 bits per heavy atom.